The molecular weight excluding hydrogens is 297 g/mol. The second kappa shape index (κ2) is 8.47. The molecule has 8 heteroatoms. The summed E-state index contributed by atoms with van der Waals surface area (Å²) in [4.78, 5) is 5.29. The van der Waals surface area contributed by atoms with Gasteiger partial charge in [0.1, 0.15) is 5.75 Å². The fourth-order valence-electron chi connectivity index (χ4n) is 1.85. The lowest BCUT2D eigenvalue weighted by molar-refractivity contribution is -0.143. The average Bonchev–Trinajstić information content (AvgIpc) is 2.42. The maximum Gasteiger partial charge on any atom is 0.401 e. The number of hydrogen-bond acceptors (Lipinski definition) is 3. The largest absolute Gasteiger partial charge is 0.495 e. The summed E-state index contributed by atoms with van der Waals surface area (Å²) in [5.74, 6) is 0.827. The van der Waals surface area contributed by atoms with Gasteiger partial charge in [-0.05, 0) is 32.1 Å². The fraction of sp³-hybridized carbons (Fsp3) is 0.500. The lowest BCUT2D eigenvalue weighted by Gasteiger charge is -2.17. The molecule has 0 amide bonds. The lowest BCUT2D eigenvalue weighted by atomic mass is 10.3. The molecule has 0 aliphatic rings. The number of alkyl halides is 3. The van der Waals surface area contributed by atoms with E-state index >= 15 is 0 Å². The van der Waals surface area contributed by atoms with Crippen molar-refractivity contribution in [3.63, 3.8) is 0 Å². The number of rotatable bonds is 7. The minimum atomic E-state index is -4.18. The predicted molar refractivity (Wildman–Crippen MR) is 81.3 cm³/mol. The average molecular weight is 318 g/mol. The van der Waals surface area contributed by atoms with E-state index in [2.05, 4.69) is 10.3 Å². The lowest BCUT2D eigenvalue weighted by Crippen LogP contribution is -2.32. The molecular formula is C14H21F3N4O. The first kappa shape index (κ1) is 18.1. The van der Waals surface area contributed by atoms with Crippen LogP contribution in [0.4, 0.5) is 18.9 Å². The van der Waals surface area contributed by atoms with E-state index in [0.29, 0.717) is 30.9 Å². The molecule has 0 bridgehead atoms. The highest BCUT2D eigenvalue weighted by Crippen LogP contribution is 2.22. The van der Waals surface area contributed by atoms with Crippen LogP contribution in [-0.2, 0) is 0 Å². The Labute approximate surface area is 128 Å². The van der Waals surface area contributed by atoms with Gasteiger partial charge in [-0.1, -0.05) is 12.1 Å². The summed E-state index contributed by atoms with van der Waals surface area (Å²) < 4.78 is 41.6. The third kappa shape index (κ3) is 7.16. The van der Waals surface area contributed by atoms with E-state index in [0.717, 1.165) is 0 Å². The molecule has 0 saturated carbocycles. The molecule has 1 rings (SSSR count). The molecule has 0 saturated heterocycles. The van der Waals surface area contributed by atoms with Crippen molar-refractivity contribution >= 4 is 11.6 Å². The highest BCUT2D eigenvalue weighted by Gasteiger charge is 2.28. The summed E-state index contributed by atoms with van der Waals surface area (Å²) >= 11 is 0. The third-order valence-corrected chi connectivity index (χ3v) is 2.80. The van der Waals surface area contributed by atoms with E-state index in [1.165, 1.54) is 11.9 Å². The quantitative estimate of drug-likeness (QED) is 0.460. The number of nitrogens with one attached hydrogen (secondary N) is 1. The van der Waals surface area contributed by atoms with Gasteiger partial charge in [0.2, 0.25) is 0 Å². The van der Waals surface area contributed by atoms with Crippen molar-refractivity contribution in [1.29, 1.82) is 0 Å². The van der Waals surface area contributed by atoms with Crippen LogP contribution in [-0.4, -0.2) is 50.8 Å². The molecule has 0 fully saturated rings. The van der Waals surface area contributed by atoms with Crippen LogP contribution in [0.1, 0.15) is 6.42 Å². The van der Waals surface area contributed by atoms with Gasteiger partial charge >= 0.3 is 6.18 Å². The number of halogens is 3. The van der Waals surface area contributed by atoms with Crippen LogP contribution < -0.4 is 15.8 Å². The maximum atomic E-state index is 12.1. The van der Waals surface area contributed by atoms with Crippen LogP contribution in [0.5, 0.6) is 5.75 Å². The first-order valence-electron chi connectivity index (χ1n) is 6.77. The van der Waals surface area contributed by atoms with Gasteiger partial charge in [0.25, 0.3) is 0 Å². The monoisotopic (exact) mass is 318 g/mol. The van der Waals surface area contributed by atoms with Crippen LogP contribution in [0, 0.1) is 0 Å². The zero-order valence-corrected chi connectivity index (χ0v) is 12.7. The molecule has 22 heavy (non-hydrogen) atoms. The molecule has 0 radical (unpaired) electrons. The van der Waals surface area contributed by atoms with Gasteiger partial charge in [-0.2, -0.15) is 13.2 Å². The van der Waals surface area contributed by atoms with Crippen molar-refractivity contribution in [2.24, 2.45) is 10.7 Å². The molecule has 0 atom stereocenters. The minimum absolute atomic E-state index is 0.197. The summed E-state index contributed by atoms with van der Waals surface area (Å²) in [6.45, 7) is -0.285. The standard InChI is InChI=1S/C14H21F3N4O/c1-21(10-14(15,16)17)9-5-8-19-13(18)20-11-6-3-4-7-12(11)22-2/h3-4,6-7H,5,8-10H2,1-2H3,(H3,18,19,20). The SMILES string of the molecule is COc1ccccc1NC(N)=NCCCN(C)CC(F)(F)F. The van der Waals surface area contributed by atoms with Gasteiger partial charge in [-0.3, -0.25) is 9.89 Å². The van der Waals surface area contributed by atoms with Crippen molar-refractivity contribution in [2.45, 2.75) is 12.6 Å². The molecule has 0 spiro atoms. The molecule has 0 heterocycles. The molecule has 124 valence electrons. The van der Waals surface area contributed by atoms with Gasteiger partial charge in [0.15, 0.2) is 5.96 Å². The summed E-state index contributed by atoms with van der Waals surface area (Å²) in [5, 5.41) is 2.90. The van der Waals surface area contributed by atoms with Crippen LogP contribution in [0.15, 0.2) is 29.3 Å². The number of nitrogens with zero attached hydrogens (tertiary/aromatic N) is 2. The highest BCUT2D eigenvalue weighted by molar-refractivity contribution is 5.93. The zero-order valence-electron chi connectivity index (χ0n) is 12.7. The van der Waals surface area contributed by atoms with Crippen LogP contribution in [0.25, 0.3) is 0 Å². The number of para-hydroxylation sites is 2. The fourth-order valence-corrected chi connectivity index (χ4v) is 1.85. The second-order valence-corrected chi connectivity index (χ2v) is 4.80. The Bertz CT molecular complexity index is 491. The van der Waals surface area contributed by atoms with Gasteiger partial charge < -0.3 is 15.8 Å². The van der Waals surface area contributed by atoms with Crippen LogP contribution in [0.3, 0.4) is 0 Å². The van der Waals surface area contributed by atoms with E-state index < -0.39 is 12.7 Å². The van der Waals surface area contributed by atoms with Crippen molar-refractivity contribution in [2.75, 3.05) is 39.1 Å². The van der Waals surface area contributed by atoms with E-state index in [-0.39, 0.29) is 5.96 Å². The molecule has 1 aromatic rings. The Balaban J connectivity index is 2.37. The molecule has 1 aromatic carbocycles. The van der Waals surface area contributed by atoms with Crippen LogP contribution >= 0.6 is 0 Å². The Morgan fingerprint density at radius 3 is 2.68 bits per heavy atom. The number of nitrogens with two attached hydrogens (primary N) is 1. The normalized spacial score (nSPS) is 12.5. The topological polar surface area (TPSA) is 62.9 Å². The van der Waals surface area contributed by atoms with Crippen molar-refractivity contribution in [3.8, 4) is 5.75 Å². The van der Waals surface area contributed by atoms with Gasteiger partial charge in [-0.25, -0.2) is 0 Å². The van der Waals surface area contributed by atoms with E-state index in [1.54, 1.807) is 19.2 Å². The molecule has 0 unspecified atom stereocenters. The summed E-state index contributed by atoms with van der Waals surface area (Å²) in [5.41, 5.74) is 6.42. The second-order valence-electron chi connectivity index (χ2n) is 4.80. The van der Waals surface area contributed by atoms with Crippen LogP contribution in [0.2, 0.25) is 0 Å². The first-order valence-corrected chi connectivity index (χ1v) is 6.77. The summed E-state index contributed by atoms with van der Waals surface area (Å²) in [6, 6.07) is 7.22. The van der Waals surface area contributed by atoms with E-state index in [4.69, 9.17) is 10.5 Å². The molecule has 0 aromatic heterocycles. The Morgan fingerprint density at radius 2 is 2.05 bits per heavy atom. The molecule has 3 N–H and O–H groups in total. The third-order valence-electron chi connectivity index (χ3n) is 2.80. The summed E-state index contributed by atoms with van der Waals surface area (Å²) in [7, 11) is 2.97. The Hall–Kier alpha value is -1.96. The number of anilines is 1. The summed E-state index contributed by atoms with van der Waals surface area (Å²) in [6.07, 6.45) is -3.69. The molecule has 0 aliphatic carbocycles. The van der Waals surface area contributed by atoms with Gasteiger partial charge in [-0.15, -0.1) is 0 Å². The predicted octanol–water partition coefficient (Wildman–Crippen LogP) is 2.31. The van der Waals surface area contributed by atoms with Gasteiger partial charge in [0, 0.05) is 6.54 Å². The molecule has 5 nitrogen and oxygen atoms in total. The number of aliphatic imine (C=N–C) groups is 1. The number of hydrogen-bond donors (Lipinski definition) is 2. The van der Waals surface area contributed by atoms with Gasteiger partial charge in [0.05, 0.1) is 19.3 Å². The Kier molecular flexibility index (Phi) is 6.97. The van der Waals surface area contributed by atoms with Crippen molar-refractivity contribution in [1.82, 2.24) is 4.90 Å². The maximum absolute atomic E-state index is 12.1. The molecule has 0 aliphatic heterocycles. The zero-order chi connectivity index (χ0) is 16.6. The van der Waals surface area contributed by atoms with E-state index in [9.17, 15) is 13.2 Å². The number of guanidine groups is 1. The number of ether oxygens (including phenoxy) is 1. The minimum Gasteiger partial charge on any atom is -0.495 e. The number of benzene rings is 1. The smallest absolute Gasteiger partial charge is 0.401 e. The van der Waals surface area contributed by atoms with Crippen molar-refractivity contribution < 1.29 is 17.9 Å². The Morgan fingerprint density at radius 1 is 1.36 bits per heavy atom. The first-order chi connectivity index (χ1) is 10.3. The number of methoxy groups -OCH3 is 1. The highest BCUT2D eigenvalue weighted by atomic mass is 19.4. The van der Waals surface area contributed by atoms with E-state index in [1.807, 2.05) is 12.1 Å². The van der Waals surface area contributed by atoms with Crippen molar-refractivity contribution in [3.05, 3.63) is 24.3 Å².